The fourth-order valence-corrected chi connectivity index (χ4v) is 4.88. The van der Waals surface area contributed by atoms with Gasteiger partial charge in [0.05, 0.1) is 17.4 Å². The zero-order valence-corrected chi connectivity index (χ0v) is 19.4. The monoisotopic (exact) mass is 473 g/mol. The number of amides is 4. The quantitative estimate of drug-likeness (QED) is 0.600. The van der Waals surface area contributed by atoms with Gasteiger partial charge in [0.2, 0.25) is 5.91 Å². The zero-order chi connectivity index (χ0) is 23.6. The Kier molecular flexibility index (Phi) is 6.69. The van der Waals surface area contributed by atoms with E-state index in [2.05, 4.69) is 15.3 Å². The molecule has 1 aliphatic carbocycles. The Morgan fingerprint density at radius 1 is 1.21 bits per heavy atom. The number of nitrogens with one attached hydrogen (secondary N) is 2. The molecule has 1 aromatic carbocycles. The summed E-state index contributed by atoms with van der Waals surface area (Å²) in [4.78, 5) is 60.7. The molecule has 176 valence electrons. The molecule has 2 fully saturated rings. The Balaban J connectivity index is 1.45. The number of nitrogens with zero attached hydrogens (tertiary/aromatic N) is 3. The van der Waals surface area contributed by atoms with Crippen LogP contribution >= 0.6 is 11.6 Å². The maximum absolute atomic E-state index is 13.0. The second-order valence-electron chi connectivity index (χ2n) is 8.77. The smallest absolute Gasteiger partial charge is 0.325 e. The average molecular weight is 474 g/mol. The molecule has 1 saturated carbocycles. The number of imide groups is 1. The van der Waals surface area contributed by atoms with Gasteiger partial charge in [-0.3, -0.25) is 19.3 Å². The van der Waals surface area contributed by atoms with Gasteiger partial charge in [0.25, 0.3) is 11.5 Å². The molecule has 2 aromatic rings. The van der Waals surface area contributed by atoms with E-state index in [1.807, 2.05) is 6.92 Å². The highest BCUT2D eigenvalue weighted by Gasteiger charge is 2.51. The third kappa shape index (κ3) is 4.73. The number of hydrogen-bond donors (Lipinski definition) is 2. The van der Waals surface area contributed by atoms with E-state index in [9.17, 15) is 19.2 Å². The summed E-state index contributed by atoms with van der Waals surface area (Å²) < 4.78 is 0. The fraction of sp³-hybridized carbons (Fsp3) is 0.522. The van der Waals surface area contributed by atoms with E-state index in [-0.39, 0.29) is 36.9 Å². The van der Waals surface area contributed by atoms with Crippen LogP contribution in [0.15, 0.2) is 23.0 Å². The van der Waals surface area contributed by atoms with E-state index in [4.69, 9.17) is 11.6 Å². The maximum atomic E-state index is 13.0. The molecule has 1 spiro atoms. The van der Waals surface area contributed by atoms with Crippen molar-refractivity contribution >= 4 is 40.3 Å². The molecule has 0 bridgehead atoms. The van der Waals surface area contributed by atoms with E-state index in [0.29, 0.717) is 47.6 Å². The lowest BCUT2D eigenvalue weighted by atomic mass is 9.82. The van der Waals surface area contributed by atoms with Gasteiger partial charge in [-0.1, -0.05) is 37.8 Å². The lowest BCUT2D eigenvalue weighted by Gasteiger charge is -2.30. The largest absolute Gasteiger partial charge is 0.335 e. The molecule has 1 aromatic heterocycles. The summed E-state index contributed by atoms with van der Waals surface area (Å²) in [5.74, 6) is -0.0805. The van der Waals surface area contributed by atoms with Crippen LogP contribution in [0.1, 0.15) is 57.7 Å². The van der Waals surface area contributed by atoms with Gasteiger partial charge in [-0.25, -0.2) is 9.78 Å². The van der Waals surface area contributed by atoms with E-state index < -0.39 is 11.6 Å². The van der Waals surface area contributed by atoms with Crippen LogP contribution in [0.4, 0.5) is 4.79 Å². The van der Waals surface area contributed by atoms with Gasteiger partial charge in [0, 0.05) is 24.5 Å². The van der Waals surface area contributed by atoms with Crippen molar-refractivity contribution in [3.8, 4) is 0 Å². The number of halogens is 1. The lowest BCUT2D eigenvalue weighted by Crippen LogP contribution is -2.48. The van der Waals surface area contributed by atoms with Crippen LogP contribution in [0.25, 0.3) is 10.9 Å². The highest BCUT2D eigenvalue weighted by molar-refractivity contribution is 6.31. The van der Waals surface area contributed by atoms with Gasteiger partial charge >= 0.3 is 6.03 Å². The number of H-pyrrole nitrogens is 1. The second-order valence-corrected chi connectivity index (χ2v) is 9.21. The predicted octanol–water partition coefficient (Wildman–Crippen LogP) is 2.96. The van der Waals surface area contributed by atoms with Gasteiger partial charge in [-0.2, -0.15) is 0 Å². The molecular weight excluding hydrogens is 446 g/mol. The van der Waals surface area contributed by atoms with Crippen molar-refractivity contribution in [2.45, 2.75) is 64.0 Å². The zero-order valence-electron chi connectivity index (χ0n) is 18.7. The van der Waals surface area contributed by atoms with Crippen LogP contribution in [-0.2, 0) is 16.1 Å². The third-order valence-electron chi connectivity index (χ3n) is 6.41. The number of fused-ring (bicyclic) bond motifs is 1. The van der Waals surface area contributed by atoms with E-state index in [0.717, 1.165) is 19.3 Å². The Bertz CT molecular complexity index is 1140. The lowest BCUT2D eigenvalue weighted by molar-refractivity contribution is -0.134. The molecule has 0 unspecified atom stereocenters. The Morgan fingerprint density at radius 2 is 1.97 bits per heavy atom. The molecule has 1 saturated heterocycles. The summed E-state index contributed by atoms with van der Waals surface area (Å²) in [6, 6.07) is 4.43. The molecule has 10 heteroatoms. The maximum Gasteiger partial charge on any atom is 0.325 e. The van der Waals surface area contributed by atoms with Gasteiger partial charge in [-0.15, -0.1) is 0 Å². The number of aromatic amines is 1. The summed E-state index contributed by atoms with van der Waals surface area (Å²) in [6.07, 6.45) is 4.90. The number of rotatable bonds is 7. The van der Waals surface area contributed by atoms with E-state index in [1.165, 1.54) is 4.90 Å². The standard InChI is InChI=1S/C23H28ClN5O4/c1-2-11-28(14-18-25-17-13-15(24)6-7-16(17)20(31)26-18)19(30)8-12-29-21(32)23(27-22(29)33)9-4-3-5-10-23/h6-7,13H,2-5,8-12,14H2,1H3,(H,27,33)(H,25,26,31). The number of benzene rings is 1. The van der Waals surface area contributed by atoms with E-state index >= 15 is 0 Å². The van der Waals surface area contributed by atoms with Gasteiger partial charge < -0.3 is 15.2 Å². The van der Waals surface area contributed by atoms with Crippen LogP contribution in [0.3, 0.4) is 0 Å². The van der Waals surface area contributed by atoms with Crippen molar-refractivity contribution in [3.05, 3.63) is 39.4 Å². The van der Waals surface area contributed by atoms with Crippen LogP contribution in [0, 0.1) is 0 Å². The van der Waals surface area contributed by atoms with Crippen molar-refractivity contribution in [1.82, 2.24) is 25.1 Å². The number of hydrogen-bond acceptors (Lipinski definition) is 5. The molecule has 4 rings (SSSR count). The number of urea groups is 1. The molecule has 2 N–H and O–H groups in total. The van der Waals surface area contributed by atoms with Gasteiger partial charge in [0.1, 0.15) is 11.4 Å². The van der Waals surface area contributed by atoms with Crippen LogP contribution < -0.4 is 10.9 Å². The van der Waals surface area contributed by atoms with Crippen LogP contribution in [-0.4, -0.2) is 56.2 Å². The van der Waals surface area contributed by atoms with E-state index in [1.54, 1.807) is 23.1 Å². The predicted molar refractivity (Wildman–Crippen MR) is 124 cm³/mol. The summed E-state index contributed by atoms with van der Waals surface area (Å²) >= 11 is 6.03. The first kappa shape index (κ1) is 23.2. The highest BCUT2D eigenvalue weighted by Crippen LogP contribution is 2.33. The van der Waals surface area contributed by atoms with Crippen molar-refractivity contribution in [3.63, 3.8) is 0 Å². The van der Waals surface area contributed by atoms with Gasteiger partial charge in [0.15, 0.2) is 0 Å². The van der Waals surface area contributed by atoms with Crippen molar-refractivity contribution in [1.29, 1.82) is 0 Å². The second kappa shape index (κ2) is 9.51. The molecular formula is C23H28ClN5O4. The number of aromatic nitrogens is 2. The highest BCUT2D eigenvalue weighted by atomic mass is 35.5. The minimum absolute atomic E-state index is 0.0128. The molecule has 9 nitrogen and oxygen atoms in total. The Labute approximate surface area is 196 Å². The fourth-order valence-electron chi connectivity index (χ4n) is 4.72. The SMILES string of the molecule is CCCN(Cc1nc2cc(Cl)ccc2c(=O)[nH]1)C(=O)CCN1C(=O)NC2(CCCCC2)C1=O. The summed E-state index contributed by atoms with van der Waals surface area (Å²) in [5.41, 5.74) is -0.632. The normalized spacial score (nSPS) is 17.6. The molecule has 0 atom stereocenters. The average Bonchev–Trinajstić information content (AvgIpc) is 3.00. The van der Waals surface area contributed by atoms with Crippen molar-refractivity contribution in [2.24, 2.45) is 0 Å². The molecule has 4 amide bonds. The summed E-state index contributed by atoms with van der Waals surface area (Å²) in [5, 5.41) is 3.76. The molecule has 1 aliphatic heterocycles. The van der Waals surface area contributed by atoms with Crippen LogP contribution in [0.2, 0.25) is 5.02 Å². The van der Waals surface area contributed by atoms with Gasteiger partial charge in [-0.05, 0) is 37.5 Å². The van der Waals surface area contributed by atoms with Crippen LogP contribution in [0.5, 0.6) is 0 Å². The van der Waals surface area contributed by atoms with Crippen molar-refractivity contribution < 1.29 is 14.4 Å². The first-order valence-electron chi connectivity index (χ1n) is 11.4. The summed E-state index contributed by atoms with van der Waals surface area (Å²) in [6.45, 7) is 2.55. The molecule has 2 heterocycles. The minimum Gasteiger partial charge on any atom is -0.335 e. The van der Waals surface area contributed by atoms with Crippen molar-refractivity contribution in [2.75, 3.05) is 13.1 Å². The number of carbonyl (C=O) groups excluding carboxylic acids is 3. The molecule has 33 heavy (non-hydrogen) atoms. The Hall–Kier alpha value is -2.94. The summed E-state index contributed by atoms with van der Waals surface area (Å²) in [7, 11) is 0. The molecule has 2 aliphatic rings. The third-order valence-corrected chi connectivity index (χ3v) is 6.64. The minimum atomic E-state index is -0.794. The first-order chi connectivity index (χ1) is 15.8. The topological polar surface area (TPSA) is 115 Å². The Morgan fingerprint density at radius 3 is 2.70 bits per heavy atom. The first-order valence-corrected chi connectivity index (χ1v) is 11.8. The number of carbonyl (C=O) groups is 3. The molecule has 0 radical (unpaired) electrons.